The number of hydrogen-bond donors (Lipinski definition) is 0. The minimum Gasteiger partial charge on any atom is -0.190 e. The monoisotopic (exact) mass is 243 g/mol. The molecule has 0 bridgehead atoms. The molecule has 1 aromatic heterocycles. The summed E-state index contributed by atoms with van der Waals surface area (Å²) in [5.41, 5.74) is 0. The summed E-state index contributed by atoms with van der Waals surface area (Å²) < 4.78 is 5.60. The Morgan fingerprint density at radius 3 is 2.50 bits per heavy atom. The lowest BCUT2D eigenvalue weighted by molar-refractivity contribution is 1.59. The van der Waals surface area contributed by atoms with E-state index in [2.05, 4.69) is 46.8 Å². The molecule has 0 aliphatic rings. The van der Waals surface area contributed by atoms with E-state index < -0.39 is 0 Å². The third kappa shape index (κ3) is 1.68. The van der Waals surface area contributed by atoms with Crippen molar-refractivity contribution < 1.29 is 0 Å². The molecule has 0 aliphatic carbocycles. The van der Waals surface area contributed by atoms with Crippen LogP contribution in [0.15, 0.2) is 54.7 Å². The quantitative estimate of drug-likeness (QED) is 0.524. The van der Waals surface area contributed by atoms with Gasteiger partial charge < -0.3 is 0 Å². The van der Waals surface area contributed by atoms with Crippen LogP contribution in [0.25, 0.3) is 20.9 Å². The van der Waals surface area contributed by atoms with E-state index in [1.807, 2.05) is 12.3 Å². The Hall–Kier alpha value is -1.45. The van der Waals surface area contributed by atoms with E-state index >= 15 is 0 Å². The molecule has 0 spiro atoms. The maximum absolute atomic E-state index is 4.33. The van der Waals surface area contributed by atoms with Crippen LogP contribution in [0.5, 0.6) is 0 Å². The summed E-state index contributed by atoms with van der Waals surface area (Å²) in [4.78, 5) is 0. The largest absolute Gasteiger partial charge is 0.190 e. The summed E-state index contributed by atoms with van der Waals surface area (Å²) in [7, 11) is 3.23. The molecule has 3 rings (SSSR count). The average Bonchev–Trinajstić information content (AvgIpc) is 2.33. The molecule has 0 saturated carbocycles. The Morgan fingerprint density at radius 2 is 1.56 bits per heavy atom. The molecule has 0 fully saturated rings. The number of benzene rings is 2. The highest BCUT2D eigenvalue weighted by Gasteiger charge is 1.96. The molecule has 0 saturated heterocycles. The van der Waals surface area contributed by atoms with E-state index in [9.17, 15) is 0 Å². The van der Waals surface area contributed by atoms with E-state index in [0.29, 0.717) is 0 Å². The summed E-state index contributed by atoms with van der Waals surface area (Å²) in [5, 5.41) is 3.74. The van der Waals surface area contributed by atoms with Gasteiger partial charge in [0.15, 0.2) is 0 Å². The molecule has 0 amide bonds. The van der Waals surface area contributed by atoms with Gasteiger partial charge in [0.2, 0.25) is 0 Å². The van der Waals surface area contributed by atoms with Crippen molar-refractivity contribution in [2.24, 2.45) is 0 Å². The third-order valence-electron chi connectivity index (χ3n) is 2.50. The Balaban J connectivity index is 2.63. The number of rotatable bonds is 0. The van der Waals surface area contributed by atoms with E-state index in [-0.39, 0.29) is 0 Å². The fourth-order valence-electron chi connectivity index (χ4n) is 1.76. The maximum atomic E-state index is 4.33. The number of fused-ring (bicyclic) bond motifs is 3. The maximum Gasteiger partial charge on any atom is 0.0486 e. The highest BCUT2D eigenvalue weighted by molar-refractivity contribution is 7.69. The highest BCUT2D eigenvalue weighted by Crippen LogP contribution is 2.25. The SMILES string of the molecule is c1ccc2c(c1)cnssc1ccccc12. The lowest BCUT2D eigenvalue weighted by Gasteiger charge is -1.98. The minimum atomic E-state index is 1.18. The van der Waals surface area contributed by atoms with Crippen LogP contribution in [-0.2, 0) is 0 Å². The van der Waals surface area contributed by atoms with Gasteiger partial charge >= 0.3 is 0 Å². The zero-order chi connectivity index (χ0) is 10.8. The average molecular weight is 243 g/mol. The van der Waals surface area contributed by atoms with Gasteiger partial charge in [-0.3, -0.25) is 0 Å². The second-order valence-electron chi connectivity index (χ2n) is 3.48. The van der Waals surface area contributed by atoms with E-state index in [4.69, 9.17) is 0 Å². The second kappa shape index (κ2) is 4.20. The van der Waals surface area contributed by atoms with Gasteiger partial charge in [-0.15, -0.1) is 0 Å². The molecule has 0 radical (unpaired) electrons. The predicted octanol–water partition coefficient (Wildman–Crippen LogP) is 4.64. The van der Waals surface area contributed by atoms with Crippen molar-refractivity contribution in [1.29, 1.82) is 0 Å². The molecule has 16 heavy (non-hydrogen) atoms. The minimum absolute atomic E-state index is 1.18. The first-order valence-electron chi connectivity index (χ1n) is 5.00. The molecule has 0 N–H and O–H groups in total. The Labute approximate surface area is 101 Å². The van der Waals surface area contributed by atoms with Crippen molar-refractivity contribution in [3.05, 3.63) is 54.7 Å². The third-order valence-corrected chi connectivity index (χ3v) is 4.32. The fraction of sp³-hybridized carbons (Fsp3) is 0. The van der Waals surface area contributed by atoms with Crippen molar-refractivity contribution >= 4 is 41.7 Å². The smallest absolute Gasteiger partial charge is 0.0486 e. The molecule has 0 atom stereocenters. The summed E-state index contributed by atoms with van der Waals surface area (Å²) in [6.07, 6.45) is 1.93. The first kappa shape index (κ1) is 9.75. The van der Waals surface area contributed by atoms with Crippen LogP contribution in [0.2, 0.25) is 0 Å². The van der Waals surface area contributed by atoms with Gasteiger partial charge in [0.05, 0.1) is 0 Å². The van der Waals surface area contributed by atoms with Crippen molar-refractivity contribution in [2.75, 3.05) is 0 Å². The molecule has 1 nitrogen and oxygen atoms in total. The number of hydrogen-bond acceptors (Lipinski definition) is 3. The predicted molar refractivity (Wildman–Crippen MR) is 72.6 cm³/mol. The topological polar surface area (TPSA) is 12.9 Å². The molecule has 2 aromatic carbocycles. The molecule has 0 aliphatic heterocycles. The summed E-state index contributed by atoms with van der Waals surface area (Å²) in [6, 6.07) is 16.8. The lowest BCUT2D eigenvalue weighted by Crippen LogP contribution is -1.72. The first-order valence-corrected chi connectivity index (χ1v) is 7.11. The van der Waals surface area contributed by atoms with Crippen LogP contribution >= 0.6 is 20.9 Å². The zero-order valence-electron chi connectivity index (χ0n) is 8.46. The fourth-order valence-corrected chi connectivity index (χ4v) is 3.37. The second-order valence-corrected chi connectivity index (χ2v) is 5.39. The van der Waals surface area contributed by atoms with Crippen LogP contribution in [0.4, 0.5) is 0 Å². The van der Waals surface area contributed by atoms with Gasteiger partial charge in [0.25, 0.3) is 0 Å². The number of nitrogens with zero attached hydrogens (tertiary/aromatic N) is 1. The number of aromatic nitrogens is 1. The molecule has 0 unspecified atom stereocenters. The van der Waals surface area contributed by atoms with E-state index in [0.717, 1.165) is 0 Å². The Kier molecular flexibility index (Phi) is 2.56. The Bertz CT molecular complexity index is 620. The standard InChI is InChI=1S/C13H9NS2/c1-2-6-11-10(5-1)9-14-16-15-13-8-4-3-7-12(11)13/h1-9H. The van der Waals surface area contributed by atoms with Crippen LogP contribution < -0.4 is 0 Å². The summed E-state index contributed by atoms with van der Waals surface area (Å²) in [6.45, 7) is 0. The van der Waals surface area contributed by atoms with Gasteiger partial charge in [-0.2, -0.15) is 4.37 Å². The molecule has 1 heterocycles. The van der Waals surface area contributed by atoms with E-state index in [1.54, 1.807) is 10.3 Å². The van der Waals surface area contributed by atoms with Crippen LogP contribution in [0, 0.1) is 0 Å². The van der Waals surface area contributed by atoms with Gasteiger partial charge in [-0.1, -0.05) is 52.8 Å². The van der Waals surface area contributed by atoms with E-state index in [1.165, 1.54) is 31.4 Å². The summed E-state index contributed by atoms with van der Waals surface area (Å²) in [5.74, 6) is 0. The van der Waals surface area contributed by atoms with Gasteiger partial charge in [-0.05, 0) is 11.5 Å². The van der Waals surface area contributed by atoms with Crippen LogP contribution in [0.1, 0.15) is 0 Å². The van der Waals surface area contributed by atoms with Gasteiger partial charge in [0, 0.05) is 32.2 Å². The van der Waals surface area contributed by atoms with Crippen molar-refractivity contribution in [1.82, 2.24) is 4.37 Å². The molecule has 3 heteroatoms. The van der Waals surface area contributed by atoms with Crippen molar-refractivity contribution in [3.63, 3.8) is 0 Å². The molecular formula is C13H9NS2. The summed E-state index contributed by atoms with van der Waals surface area (Å²) >= 11 is 0. The highest BCUT2D eigenvalue weighted by atomic mass is 32.9. The zero-order valence-corrected chi connectivity index (χ0v) is 10.1. The van der Waals surface area contributed by atoms with Crippen LogP contribution in [0.3, 0.4) is 0 Å². The molecule has 3 aromatic rings. The van der Waals surface area contributed by atoms with Gasteiger partial charge in [-0.25, -0.2) is 0 Å². The first-order chi connectivity index (χ1) is 7.95. The normalized spacial score (nSPS) is 10.5. The van der Waals surface area contributed by atoms with Crippen LogP contribution in [-0.4, -0.2) is 4.37 Å². The molecular weight excluding hydrogens is 234 g/mol. The lowest BCUT2D eigenvalue weighted by atomic mass is 10.1. The van der Waals surface area contributed by atoms with Crippen molar-refractivity contribution in [3.8, 4) is 0 Å². The van der Waals surface area contributed by atoms with Gasteiger partial charge in [0.1, 0.15) is 0 Å². The molecule has 78 valence electrons. The Morgan fingerprint density at radius 1 is 0.812 bits per heavy atom. The van der Waals surface area contributed by atoms with Crippen molar-refractivity contribution in [2.45, 2.75) is 0 Å².